The topological polar surface area (TPSA) is 108 Å². The molecule has 0 aliphatic rings. The number of anilines is 1. The maximum absolute atomic E-state index is 14.0. The third-order valence-electron chi connectivity index (χ3n) is 4.62. The quantitative estimate of drug-likeness (QED) is 0.565. The minimum absolute atomic E-state index is 0.0849. The van der Waals surface area contributed by atoms with Gasteiger partial charge < -0.3 is 10.1 Å². The lowest BCUT2D eigenvalue weighted by molar-refractivity contribution is -0.114. The van der Waals surface area contributed by atoms with E-state index < -0.39 is 23.0 Å². The second-order valence-electron chi connectivity index (χ2n) is 7.32. The summed E-state index contributed by atoms with van der Waals surface area (Å²) in [5, 5.41) is 6.64. The van der Waals surface area contributed by atoms with Gasteiger partial charge in [0.15, 0.2) is 0 Å². The predicted molar refractivity (Wildman–Crippen MR) is 117 cm³/mol. The number of amides is 1. The molecular formula is C21H21ClFN5O4. The molecule has 0 atom stereocenters. The van der Waals surface area contributed by atoms with Crippen molar-refractivity contribution in [1.29, 1.82) is 0 Å². The molecule has 11 heteroatoms. The Hall–Kier alpha value is -3.53. The molecule has 0 aliphatic carbocycles. The molecule has 0 fully saturated rings. The highest BCUT2D eigenvalue weighted by Gasteiger charge is 2.18. The third-order valence-corrected chi connectivity index (χ3v) is 4.93. The van der Waals surface area contributed by atoms with Gasteiger partial charge in [0.1, 0.15) is 11.0 Å². The van der Waals surface area contributed by atoms with E-state index in [9.17, 15) is 18.8 Å². The first kappa shape index (κ1) is 23.1. The van der Waals surface area contributed by atoms with Crippen LogP contribution in [0.4, 0.5) is 10.1 Å². The Morgan fingerprint density at radius 3 is 2.62 bits per heavy atom. The number of hydrogen-bond acceptors (Lipinski definition) is 6. The summed E-state index contributed by atoms with van der Waals surface area (Å²) in [5.41, 5.74) is -0.170. The number of halogens is 2. The third kappa shape index (κ3) is 4.70. The number of carbonyl (C=O) groups is 1. The summed E-state index contributed by atoms with van der Waals surface area (Å²) in [6.45, 7) is 5.01. The van der Waals surface area contributed by atoms with Crippen LogP contribution in [-0.2, 0) is 11.3 Å². The van der Waals surface area contributed by atoms with E-state index in [1.165, 1.54) is 32.4 Å². The molecule has 1 N–H and O–H groups in total. The number of nitrogens with zero attached hydrogens (tertiary/aromatic N) is 4. The summed E-state index contributed by atoms with van der Waals surface area (Å²) in [5.74, 6) is -1.42. The van der Waals surface area contributed by atoms with Gasteiger partial charge in [0, 0.05) is 13.1 Å². The van der Waals surface area contributed by atoms with E-state index in [0.717, 1.165) is 20.9 Å². The van der Waals surface area contributed by atoms with Crippen molar-refractivity contribution in [2.24, 2.45) is 0 Å². The molecule has 1 aromatic carbocycles. The SMILES string of the molecule is COc1nn(-c2ccc(F)c(NC(C)=O)c2)c(=O)n(Cc2cnc(Cl)c(C(C)C)c2)c1=O. The lowest BCUT2D eigenvalue weighted by Gasteiger charge is -2.14. The zero-order valence-corrected chi connectivity index (χ0v) is 18.6. The van der Waals surface area contributed by atoms with E-state index in [0.29, 0.717) is 10.7 Å². The van der Waals surface area contributed by atoms with Crippen molar-refractivity contribution in [3.63, 3.8) is 0 Å². The summed E-state index contributed by atoms with van der Waals surface area (Å²) < 4.78 is 20.9. The van der Waals surface area contributed by atoms with Crippen molar-refractivity contribution in [3.8, 4) is 11.6 Å². The van der Waals surface area contributed by atoms with Crippen LogP contribution in [0.2, 0.25) is 5.15 Å². The number of carbonyl (C=O) groups excluding carboxylic acids is 1. The minimum atomic E-state index is -0.780. The van der Waals surface area contributed by atoms with E-state index in [2.05, 4.69) is 15.4 Å². The molecule has 3 rings (SSSR count). The van der Waals surface area contributed by atoms with Crippen LogP contribution in [0.25, 0.3) is 5.69 Å². The average molecular weight is 462 g/mol. The van der Waals surface area contributed by atoms with Crippen molar-refractivity contribution in [1.82, 2.24) is 19.3 Å². The molecule has 0 aliphatic heterocycles. The zero-order chi connectivity index (χ0) is 23.6. The first-order valence-corrected chi connectivity index (χ1v) is 10.00. The highest BCUT2D eigenvalue weighted by molar-refractivity contribution is 6.30. The predicted octanol–water partition coefficient (Wildman–Crippen LogP) is 2.72. The fourth-order valence-corrected chi connectivity index (χ4v) is 3.37. The number of methoxy groups -OCH3 is 1. The van der Waals surface area contributed by atoms with Crippen LogP contribution in [-0.4, -0.2) is 32.3 Å². The Balaban J connectivity index is 2.16. The highest BCUT2D eigenvalue weighted by Crippen LogP contribution is 2.23. The number of ether oxygens (including phenoxy) is 1. The maximum atomic E-state index is 14.0. The van der Waals surface area contributed by atoms with Gasteiger partial charge in [-0.15, -0.1) is 5.10 Å². The van der Waals surface area contributed by atoms with Gasteiger partial charge in [0.25, 0.3) is 5.88 Å². The smallest absolute Gasteiger partial charge is 0.352 e. The van der Waals surface area contributed by atoms with Gasteiger partial charge in [-0.3, -0.25) is 9.59 Å². The monoisotopic (exact) mass is 461 g/mol. The van der Waals surface area contributed by atoms with Gasteiger partial charge in [-0.2, -0.15) is 4.68 Å². The molecule has 32 heavy (non-hydrogen) atoms. The standard InChI is InChI=1S/C21H21ClFN5O4/c1-11(2)15-7-13(9-24-18(15)22)10-27-20(30)19(32-4)26-28(21(27)31)14-5-6-16(23)17(8-14)25-12(3)29/h5-9,11H,10H2,1-4H3,(H,25,29). The molecule has 3 aromatic rings. The number of hydrogen-bond donors (Lipinski definition) is 1. The van der Waals surface area contributed by atoms with Crippen molar-refractivity contribution in [3.05, 3.63) is 73.4 Å². The Morgan fingerprint density at radius 1 is 1.28 bits per heavy atom. The molecule has 1 amide bonds. The Morgan fingerprint density at radius 2 is 2.00 bits per heavy atom. The number of rotatable bonds is 6. The number of aromatic nitrogens is 4. The summed E-state index contributed by atoms with van der Waals surface area (Å²) in [4.78, 5) is 41.4. The summed E-state index contributed by atoms with van der Waals surface area (Å²) in [6, 6.07) is 5.38. The molecule has 0 bridgehead atoms. The largest absolute Gasteiger partial charge is 0.476 e. The molecular weight excluding hydrogens is 441 g/mol. The average Bonchev–Trinajstić information content (AvgIpc) is 2.73. The molecule has 0 spiro atoms. The van der Waals surface area contributed by atoms with Gasteiger partial charge in [-0.25, -0.2) is 18.7 Å². The number of pyridine rings is 1. The molecule has 0 unspecified atom stereocenters. The maximum Gasteiger partial charge on any atom is 0.352 e. The fraction of sp³-hybridized carbons (Fsp3) is 0.286. The zero-order valence-electron chi connectivity index (χ0n) is 17.8. The molecule has 2 heterocycles. The van der Waals surface area contributed by atoms with E-state index >= 15 is 0 Å². The second-order valence-corrected chi connectivity index (χ2v) is 7.68. The lowest BCUT2D eigenvalue weighted by atomic mass is 10.0. The van der Waals surface area contributed by atoms with Gasteiger partial charge in [0.2, 0.25) is 5.91 Å². The Labute approximate surface area is 187 Å². The molecule has 9 nitrogen and oxygen atoms in total. The van der Waals surface area contributed by atoms with Crippen LogP contribution in [0, 0.1) is 5.82 Å². The molecule has 2 aromatic heterocycles. The van der Waals surface area contributed by atoms with Gasteiger partial charge >= 0.3 is 11.2 Å². The highest BCUT2D eigenvalue weighted by atomic mass is 35.5. The molecule has 0 saturated carbocycles. The summed E-state index contributed by atoms with van der Waals surface area (Å²) >= 11 is 6.14. The molecule has 0 radical (unpaired) electrons. The van der Waals surface area contributed by atoms with Crippen LogP contribution in [0.3, 0.4) is 0 Å². The van der Waals surface area contributed by atoms with E-state index in [-0.39, 0.29) is 29.7 Å². The van der Waals surface area contributed by atoms with Gasteiger partial charge in [-0.05, 0) is 41.3 Å². The van der Waals surface area contributed by atoms with Crippen molar-refractivity contribution < 1.29 is 13.9 Å². The van der Waals surface area contributed by atoms with Crippen LogP contribution < -0.4 is 21.3 Å². The van der Waals surface area contributed by atoms with E-state index in [1.54, 1.807) is 6.07 Å². The summed E-state index contributed by atoms with van der Waals surface area (Å²) in [7, 11) is 1.25. The van der Waals surface area contributed by atoms with E-state index in [4.69, 9.17) is 16.3 Å². The molecule has 0 saturated heterocycles. The first-order valence-electron chi connectivity index (χ1n) is 9.62. The van der Waals surface area contributed by atoms with Crippen molar-refractivity contribution in [2.45, 2.75) is 33.2 Å². The Kier molecular flexibility index (Phi) is 6.73. The van der Waals surface area contributed by atoms with E-state index in [1.807, 2.05) is 13.8 Å². The Bertz CT molecular complexity index is 1300. The lowest BCUT2D eigenvalue weighted by Crippen LogP contribution is -2.41. The summed E-state index contributed by atoms with van der Waals surface area (Å²) in [6.07, 6.45) is 1.48. The van der Waals surface area contributed by atoms with Crippen LogP contribution in [0.15, 0.2) is 40.1 Å². The first-order chi connectivity index (χ1) is 15.1. The van der Waals surface area contributed by atoms with Gasteiger partial charge in [-0.1, -0.05) is 25.4 Å². The van der Waals surface area contributed by atoms with Crippen LogP contribution >= 0.6 is 11.6 Å². The normalized spacial score (nSPS) is 11.0. The fourth-order valence-electron chi connectivity index (χ4n) is 3.04. The van der Waals surface area contributed by atoms with Crippen molar-refractivity contribution in [2.75, 3.05) is 12.4 Å². The number of nitrogens with one attached hydrogen (secondary N) is 1. The number of benzene rings is 1. The van der Waals surface area contributed by atoms with Crippen LogP contribution in [0.1, 0.15) is 37.8 Å². The van der Waals surface area contributed by atoms with Crippen molar-refractivity contribution >= 4 is 23.2 Å². The molecule has 168 valence electrons. The minimum Gasteiger partial charge on any atom is -0.476 e. The van der Waals surface area contributed by atoms with Gasteiger partial charge in [0.05, 0.1) is 25.0 Å². The van der Waals surface area contributed by atoms with Crippen LogP contribution in [0.5, 0.6) is 5.88 Å². The second kappa shape index (κ2) is 9.31.